The average Bonchev–Trinajstić information content (AvgIpc) is 3.20. The number of aromatic amines is 1. The summed E-state index contributed by atoms with van der Waals surface area (Å²) >= 11 is 9.15. The van der Waals surface area contributed by atoms with Crippen molar-refractivity contribution >= 4 is 44.9 Å². The highest BCUT2D eigenvalue weighted by atomic mass is 35.5. The smallest absolute Gasteiger partial charge is 0.259 e. The second-order valence-electron chi connectivity index (χ2n) is 6.85. The number of benzene rings is 1. The number of hydrogen-bond acceptors (Lipinski definition) is 7. The fraction of sp³-hybridized carbons (Fsp3) is 0.300. The molecule has 0 aliphatic heterocycles. The van der Waals surface area contributed by atoms with Crippen LogP contribution in [0.4, 0.5) is 0 Å². The van der Waals surface area contributed by atoms with Gasteiger partial charge >= 0.3 is 0 Å². The third-order valence-corrected chi connectivity index (χ3v) is 7.40. The third-order valence-electron chi connectivity index (χ3n) is 4.84. The molecular weight excluding hydrogens is 442 g/mol. The number of halogens is 1. The maximum atomic E-state index is 12.6. The molecule has 7 nitrogen and oxygen atoms in total. The Hall–Kier alpha value is -2.36. The Balaban J connectivity index is 1.51. The van der Waals surface area contributed by atoms with Crippen LogP contribution in [0.25, 0.3) is 10.2 Å². The van der Waals surface area contributed by atoms with Crippen molar-refractivity contribution in [3.8, 4) is 5.75 Å². The number of nitrogens with one attached hydrogen (secondary N) is 1. The summed E-state index contributed by atoms with van der Waals surface area (Å²) < 4.78 is 7.63. The van der Waals surface area contributed by atoms with Gasteiger partial charge in [-0.05, 0) is 38.5 Å². The van der Waals surface area contributed by atoms with E-state index in [9.17, 15) is 4.79 Å². The molecule has 0 bridgehead atoms. The second-order valence-corrected chi connectivity index (χ2v) is 9.77. The Morgan fingerprint density at radius 1 is 1.30 bits per heavy atom. The number of aryl methyl sites for hydroxylation is 2. The van der Waals surface area contributed by atoms with Gasteiger partial charge in [0.2, 0.25) is 0 Å². The van der Waals surface area contributed by atoms with E-state index < -0.39 is 0 Å². The average molecular weight is 462 g/mol. The van der Waals surface area contributed by atoms with E-state index in [0.29, 0.717) is 33.0 Å². The van der Waals surface area contributed by atoms with Gasteiger partial charge in [0.25, 0.3) is 5.56 Å². The number of thioether (sulfide) groups is 1. The Labute approximate surface area is 186 Å². The zero-order valence-electron chi connectivity index (χ0n) is 16.9. The Morgan fingerprint density at radius 3 is 2.83 bits per heavy atom. The van der Waals surface area contributed by atoms with E-state index in [2.05, 4.69) is 20.2 Å². The number of hydrogen-bond donors (Lipinski definition) is 1. The topological polar surface area (TPSA) is 85.7 Å². The molecule has 0 saturated heterocycles. The summed E-state index contributed by atoms with van der Waals surface area (Å²) in [5.74, 6) is 1.89. The van der Waals surface area contributed by atoms with Crippen LogP contribution in [0.3, 0.4) is 0 Å². The second kappa shape index (κ2) is 8.41. The Morgan fingerprint density at radius 2 is 2.07 bits per heavy atom. The lowest BCUT2D eigenvalue weighted by molar-refractivity contribution is 0.290. The number of ether oxygens (including phenoxy) is 1. The van der Waals surface area contributed by atoms with Gasteiger partial charge in [0.15, 0.2) is 11.0 Å². The van der Waals surface area contributed by atoms with E-state index in [4.69, 9.17) is 16.3 Å². The number of para-hydroxylation sites is 1. The first-order valence-corrected chi connectivity index (χ1v) is 11.3. The molecule has 0 amide bonds. The molecule has 0 radical (unpaired) electrons. The van der Waals surface area contributed by atoms with Crippen molar-refractivity contribution in [1.82, 2.24) is 24.7 Å². The third kappa shape index (κ3) is 3.97. The summed E-state index contributed by atoms with van der Waals surface area (Å²) in [4.78, 5) is 22.0. The molecular formula is C20H20ClN5O2S2. The number of H-pyrrole nitrogens is 1. The summed E-state index contributed by atoms with van der Waals surface area (Å²) in [6.07, 6.45) is 0. The van der Waals surface area contributed by atoms with Crippen LogP contribution in [0, 0.1) is 13.8 Å². The van der Waals surface area contributed by atoms with Crippen LogP contribution in [0.2, 0.25) is 5.02 Å². The monoisotopic (exact) mass is 461 g/mol. The quantitative estimate of drug-likeness (QED) is 0.414. The zero-order valence-corrected chi connectivity index (χ0v) is 19.3. The van der Waals surface area contributed by atoms with Gasteiger partial charge < -0.3 is 14.3 Å². The summed E-state index contributed by atoms with van der Waals surface area (Å²) in [5, 5.41) is 10.3. The van der Waals surface area contributed by atoms with Crippen LogP contribution in [0.1, 0.15) is 34.3 Å². The van der Waals surface area contributed by atoms with Crippen LogP contribution >= 0.6 is 34.7 Å². The summed E-state index contributed by atoms with van der Waals surface area (Å²) in [6, 6.07) is 7.30. The van der Waals surface area contributed by atoms with Gasteiger partial charge in [0, 0.05) is 11.9 Å². The van der Waals surface area contributed by atoms with Crippen molar-refractivity contribution < 1.29 is 4.74 Å². The van der Waals surface area contributed by atoms with Crippen LogP contribution in [0.15, 0.2) is 34.2 Å². The maximum absolute atomic E-state index is 12.6. The minimum Gasteiger partial charge on any atom is -0.484 e. The SMILES string of the molecule is Cc1sc2nc(C(C)Sc3nnc(COc4ccccc4Cl)n3C)[nH]c(=O)c2c1C. The minimum absolute atomic E-state index is 0.101. The summed E-state index contributed by atoms with van der Waals surface area (Å²) in [7, 11) is 1.88. The number of rotatable bonds is 6. The molecule has 30 heavy (non-hydrogen) atoms. The number of thiophene rings is 1. The molecule has 0 aliphatic rings. The molecule has 0 fully saturated rings. The standard InChI is InChI=1S/C20H20ClN5O2S2/c1-10-11(2)29-19-16(10)18(27)22-17(23-19)12(3)30-20-25-24-15(26(20)4)9-28-14-8-6-5-7-13(14)21/h5-8,12H,9H2,1-4H3,(H,22,23,27). The summed E-state index contributed by atoms with van der Waals surface area (Å²) in [6.45, 7) is 6.19. The van der Waals surface area contributed by atoms with E-state index >= 15 is 0 Å². The molecule has 4 aromatic rings. The Bertz CT molecular complexity index is 1280. The van der Waals surface area contributed by atoms with Gasteiger partial charge in [0.1, 0.15) is 23.0 Å². The van der Waals surface area contributed by atoms with Crippen molar-refractivity contribution in [2.45, 2.75) is 37.8 Å². The molecule has 3 aromatic heterocycles. The van der Waals surface area contributed by atoms with Crippen molar-refractivity contribution in [3.63, 3.8) is 0 Å². The first-order valence-electron chi connectivity index (χ1n) is 9.27. The molecule has 0 aliphatic carbocycles. The summed E-state index contributed by atoms with van der Waals surface area (Å²) in [5.41, 5.74) is 0.892. The van der Waals surface area contributed by atoms with Crippen LogP contribution in [-0.4, -0.2) is 24.7 Å². The van der Waals surface area contributed by atoms with Gasteiger partial charge in [-0.2, -0.15) is 0 Å². The maximum Gasteiger partial charge on any atom is 0.259 e. The molecule has 0 spiro atoms. The molecule has 10 heteroatoms. The first kappa shape index (κ1) is 20.9. The fourth-order valence-electron chi connectivity index (χ4n) is 2.96. The highest BCUT2D eigenvalue weighted by molar-refractivity contribution is 7.99. The van der Waals surface area contributed by atoms with E-state index in [0.717, 1.165) is 15.3 Å². The van der Waals surface area contributed by atoms with Crippen LogP contribution < -0.4 is 10.3 Å². The van der Waals surface area contributed by atoms with E-state index in [-0.39, 0.29) is 17.4 Å². The zero-order chi connectivity index (χ0) is 21.4. The highest BCUT2D eigenvalue weighted by Crippen LogP contribution is 2.34. The van der Waals surface area contributed by atoms with E-state index in [1.54, 1.807) is 17.4 Å². The first-order chi connectivity index (χ1) is 14.3. The van der Waals surface area contributed by atoms with Gasteiger partial charge in [-0.1, -0.05) is 35.5 Å². The van der Waals surface area contributed by atoms with E-state index in [1.165, 1.54) is 11.8 Å². The lowest BCUT2D eigenvalue weighted by Crippen LogP contribution is -2.12. The number of fused-ring (bicyclic) bond motifs is 1. The molecule has 1 unspecified atom stereocenters. The van der Waals surface area contributed by atoms with E-state index in [1.807, 2.05) is 50.6 Å². The highest BCUT2D eigenvalue weighted by Gasteiger charge is 2.19. The van der Waals surface area contributed by atoms with Crippen molar-refractivity contribution in [2.75, 3.05) is 0 Å². The normalized spacial score (nSPS) is 12.4. The van der Waals surface area contributed by atoms with Crippen molar-refractivity contribution in [1.29, 1.82) is 0 Å². The number of aromatic nitrogens is 5. The molecule has 1 atom stereocenters. The molecule has 4 rings (SSSR count). The van der Waals surface area contributed by atoms with Crippen molar-refractivity contribution in [2.24, 2.45) is 7.05 Å². The molecule has 1 N–H and O–H groups in total. The van der Waals surface area contributed by atoms with Gasteiger partial charge in [0.05, 0.1) is 15.7 Å². The predicted molar refractivity (Wildman–Crippen MR) is 121 cm³/mol. The van der Waals surface area contributed by atoms with Crippen LogP contribution in [-0.2, 0) is 13.7 Å². The lowest BCUT2D eigenvalue weighted by atomic mass is 10.2. The van der Waals surface area contributed by atoms with Gasteiger partial charge in [-0.3, -0.25) is 4.79 Å². The lowest BCUT2D eigenvalue weighted by Gasteiger charge is -2.11. The van der Waals surface area contributed by atoms with Gasteiger partial charge in [-0.25, -0.2) is 4.98 Å². The van der Waals surface area contributed by atoms with Crippen molar-refractivity contribution in [3.05, 3.63) is 61.7 Å². The minimum atomic E-state index is -0.106. The largest absolute Gasteiger partial charge is 0.484 e. The molecule has 0 saturated carbocycles. The van der Waals surface area contributed by atoms with Gasteiger partial charge in [-0.15, -0.1) is 21.5 Å². The molecule has 156 valence electrons. The predicted octanol–water partition coefficient (Wildman–Crippen LogP) is 4.82. The van der Waals surface area contributed by atoms with Crippen LogP contribution in [0.5, 0.6) is 5.75 Å². The Kier molecular flexibility index (Phi) is 5.86. The molecule has 3 heterocycles. The number of nitrogens with zero attached hydrogens (tertiary/aromatic N) is 4. The molecule has 1 aromatic carbocycles. The fourth-order valence-corrected chi connectivity index (χ4v) is 5.07.